The zero-order chi connectivity index (χ0) is 20.9. The Hall–Kier alpha value is -2.64. The molecule has 0 aromatic heterocycles. The number of nitrogens with zero attached hydrogens (tertiary/aromatic N) is 1. The molecular formula is C21H28N2O4Si. The normalized spacial score (nSPS) is 12.2. The van der Waals surface area contributed by atoms with Gasteiger partial charge in [0.05, 0.1) is 20.9 Å². The number of methoxy groups -OCH3 is 1. The summed E-state index contributed by atoms with van der Waals surface area (Å²) in [5.74, 6) is -0.274. The minimum absolute atomic E-state index is 0.232. The highest BCUT2D eigenvalue weighted by Crippen LogP contribution is 2.22. The molecule has 2 aromatic rings. The number of amides is 2. The minimum Gasteiger partial charge on any atom is -0.497 e. The second kappa shape index (κ2) is 9.03. The van der Waals surface area contributed by atoms with Crippen LogP contribution in [0.3, 0.4) is 0 Å². The molecular weight excluding hydrogens is 372 g/mol. The largest absolute Gasteiger partial charge is 0.497 e. The molecule has 0 saturated carbocycles. The third-order valence-electron chi connectivity index (χ3n) is 4.51. The lowest BCUT2D eigenvalue weighted by atomic mass is 10.1. The Balaban J connectivity index is 2.30. The van der Waals surface area contributed by atoms with E-state index < -0.39 is 20.0 Å². The van der Waals surface area contributed by atoms with Crippen molar-refractivity contribution in [3.63, 3.8) is 0 Å². The number of ether oxygens (including phenoxy) is 1. The number of rotatable bonds is 7. The zero-order valence-electron chi connectivity index (χ0n) is 17.0. The summed E-state index contributed by atoms with van der Waals surface area (Å²) in [6, 6.07) is 13.1. The summed E-state index contributed by atoms with van der Waals surface area (Å²) in [4.78, 5) is 24.9. The fourth-order valence-corrected chi connectivity index (χ4v) is 3.87. The van der Waals surface area contributed by atoms with Crippen LogP contribution in [0.1, 0.15) is 24.9 Å². The molecule has 0 saturated heterocycles. The molecule has 0 bridgehead atoms. The lowest BCUT2D eigenvalue weighted by Crippen LogP contribution is -2.42. The van der Waals surface area contributed by atoms with Crippen molar-refractivity contribution in [2.75, 3.05) is 12.2 Å². The van der Waals surface area contributed by atoms with E-state index in [9.17, 15) is 14.8 Å². The molecule has 0 radical (unpaired) electrons. The molecule has 7 heteroatoms. The number of hydroxylamine groups is 1. The molecule has 6 nitrogen and oxygen atoms in total. The van der Waals surface area contributed by atoms with Crippen LogP contribution in [-0.2, 0) is 9.59 Å². The second-order valence-corrected chi connectivity index (χ2v) is 12.7. The van der Waals surface area contributed by atoms with E-state index in [0.717, 1.165) is 0 Å². The van der Waals surface area contributed by atoms with Gasteiger partial charge in [-0.1, -0.05) is 56.0 Å². The fraction of sp³-hybridized carbons (Fsp3) is 0.333. The summed E-state index contributed by atoms with van der Waals surface area (Å²) in [7, 11) is 0.0692. The van der Waals surface area contributed by atoms with E-state index >= 15 is 0 Å². The minimum atomic E-state index is -1.48. The zero-order valence-corrected chi connectivity index (χ0v) is 18.0. The van der Waals surface area contributed by atoms with Crippen LogP contribution >= 0.6 is 0 Å². The molecule has 0 aliphatic heterocycles. The Labute approximate surface area is 167 Å². The molecule has 2 rings (SSSR count). The number of hydrogen-bond acceptors (Lipinski definition) is 4. The van der Waals surface area contributed by atoms with Gasteiger partial charge in [-0.25, -0.2) is 0 Å². The number of anilines is 1. The van der Waals surface area contributed by atoms with Gasteiger partial charge in [0, 0.05) is 6.42 Å². The average Bonchev–Trinajstić information content (AvgIpc) is 2.70. The predicted octanol–water partition coefficient (Wildman–Crippen LogP) is 3.23. The Bertz CT molecular complexity index is 814. The molecule has 0 aliphatic carbocycles. The predicted molar refractivity (Wildman–Crippen MR) is 113 cm³/mol. The molecule has 0 fully saturated rings. The molecule has 0 heterocycles. The fourth-order valence-electron chi connectivity index (χ4n) is 2.70. The molecule has 150 valence electrons. The summed E-state index contributed by atoms with van der Waals surface area (Å²) >= 11 is 0. The number of nitrogens with one attached hydrogen (secondary N) is 1. The van der Waals surface area contributed by atoms with Gasteiger partial charge in [0.25, 0.3) is 5.91 Å². The number of benzene rings is 2. The van der Waals surface area contributed by atoms with Gasteiger partial charge in [-0.15, -0.1) is 0 Å². The molecule has 28 heavy (non-hydrogen) atoms. The van der Waals surface area contributed by atoms with Crippen LogP contribution in [0.15, 0.2) is 48.5 Å². The van der Waals surface area contributed by atoms with Gasteiger partial charge >= 0.3 is 0 Å². The maximum absolute atomic E-state index is 13.0. The van der Waals surface area contributed by atoms with E-state index in [1.807, 2.05) is 12.1 Å². The van der Waals surface area contributed by atoms with E-state index in [4.69, 9.17) is 4.74 Å². The van der Waals surface area contributed by atoms with Crippen molar-refractivity contribution in [3.05, 3.63) is 54.1 Å². The number of carbonyl (C=O) groups is 2. The van der Waals surface area contributed by atoms with Crippen LogP contribution in [-0.4, -0.2) is 32.2 Å². The standard InChI is InChI=1S/C21H28N2O4Si/c1-6-19(24)22-20(15-7-11-17(27-2)12-8-15)21(25)23(26)16-9-13-18(14-10-16)28(3,4)5/h7-14,20,26H,6H2,1-5H3,(H,22,24). The van der Waals surface area contributed by atoms with Crippen molar-refractivity contribution in [1.29, 1.82) is 0 Å². The smallest absolute Gasteiger partial charge is 0.277 e. The first-order valence-electron chi connectivity index (χ1n) is 9.24. The third-order valence-corrected chi connectivity index (χ3v) is 6.57. The van der Waals surface area contributed by atoms with Crippen molar-refractivity contribution in [2.45, 2.75) is 39.0 Å². The topological polar surface area (TPSA) is 78.9 Å². The van der Waals surface area contributed by atoms with E-state index in [1.54, 1.807) is 50.4 Å². The molecule has 0 spiro atoms. The summed E-state index contributed by atoms with van der Waals surface area (Å²) in [5, 5.41) is 15.0. The van der Waals surface area contributed by atoms with Crippen LogP contribution in [0.2, 0.25) is 19.6 Å². The maximum Gasteiger partial charge on any atom is 0.277 e. The van der Waals surface area contributed by atoms with Gasteiger partial charge in [-0.3, -0.25) is 14.8 Å². The first-order valence-corrected chi connectivity index (χ1v) is 12.7. The van der Waals surface area contributed by atoms with Crippen LogP contribution in [0.4, 0.5) is 5.69 Å². The summed E-state index contributed by atoms with van der Waals surface area (Å²) in [6.07, 6.45) is 0.232. The van der Waals surface area contributed by atoms with Crippen LogP contribution in [0.25, 0.3) is 0 Å². The number of carbonyl (C=O) groups excluding carboxylic acids is 2. The number of hydrogen-bond donors (Lipinski definition) is 2. The molecule has 2 amide bonds. The van der Waals surface area contributed by atoms with Gasteiger partial charge in [0.2, 0.25) is 5.91 Å². The maximum atomic E-state index is 13.0. The summed E-state index contributed by atoms with van der Waals surface area (Å²) < 4.78 is 5.14. The SMILES string of the molecule is CCC(=O)NC(C(=O)N(O)c1ccc([Si](C)(C)C)cc1)c1ccc(OC)cc1. The van der Waals surface area contributed by atoms with Crippen molar-refractivity contribution >= 4 is 30.8 Å². The monoisotopic (exact) mass is 400 g/mol. The average molecular weight is 401 g/mol. The Morgan fingerprint density at radius 3 is 2.11 bits per heavy atom. The van der Waals surface area contributed by atoms with Gasteiger partial charge in [-0.05, 0) is 29.8 Å². The highest BCUT2D eigenvalue weighted by atomic mass is 28.3. The van der Waals surface area contributed by atoms with Crippen molar-refractivity contribution in [2.24, 2.45) is 0 Å². The molecule has 1 atom stereocenters. The second-order valence-electron chi connectivity index (χ2n) is 7.57. The van der Waals surface area contributed by atoms with Crippen molar-refractivity contribution in [3.8, 4) is 5.75 Å². The Kier molecular flexibility index (Phi) is 6.98. The first kappa shape index (κ1) is 21.7. The molecule has 2 aromatic carbocycles. The first-order chi connectivity index (χ1) is 13.2. The molecule has 0 aliphatic rings. The van der Waals surface area contributed by atoms with E-state index in [0.29, 0.717) is 22.1 Å². The van der Waals surface area contributed by atoms with Gasteiger partial charge in [0.1, 0.15) is 11.8 Å². The van der Waals surface area contributed by atoms with E-state index in [1.165, 1.54) is 5.19 Å². The quantitative estimate of drug-likeness (QED) is 0.425. The van der Waals surface area contributed by atoms with Crippen LogP contribution < -0.4 is 20.3 Å². The highest BCUT2D eigenvalue weighted by Gasteiger charge is 2.28. The van der Waals surface area contributed by atoms with Crippen molar-refractivity contribution < 1.29 is 19.5 Å². The van der Waals surface area contributed by atoms with Crippen molar-refractivity contribution in [1.82, 2.24) is 5.32 Å². The van der Waals surface area contributed by atoms with Gasteiger partial charge in [0.15, 0.2) is 0 Å². The Morgan fingerprint density at radius 1 is 1.07 bits per heavy atom. The van der Waals surface area contributed by atoms with E-state index in [-0.39, 0.29) is 12.3 Å². The van der Waals surface area contributed by atoms with E-state index in [2.05, 4.69) is 25.0 Å². The Morgan fingerprint density at radius 2 is 1.64 bits per heavy atom. The molecule has 2 N–H and O–H groups in total. The lowest BCUT2D eigenvalue weighted by Gasteiger charge is -2.24. The third kappa shape index (κ3) is 5.21. The van der Waals surface area contributed by atoms with Crippen LogP contribution in [0.5, 0.6) is 5.75 Å². The van der Waals surface area contributed by atoms with Crippen LogP contribution in [0, 0.1) is 0 Å². The summed E-state index contributed by atoms with van der Waals surface area (Å²) in [5.41, 5.74) is 0.918. The highest BCUT2D eigenvalue weighted by molar-refractivity contribution is 6.88. The van der Waals surface area contributed by atoms with Gasteiger partial charge < -0.3 is 10.1 Å². The lowest BCUT2D eigenvalue weighted by molar-refractivity contribution is -0.130. The summed E-state index contributed by atoms with van der Waals surface area (Å²) in [6.45, 7) is 8.38. The van der Waals surface area contributed by atoms with Gasteiger partial charge in [-0.2, -0.15) is 5.06 Å². The molecule has 1 unspecified atom stereocenters.